The first kappa shape index (κ1) is 13.1. The van der Waals surface area contributed by atoms with Gasteiger partial charge in [-0.2, -0.15) is 5.10 Å². The quantitative estimate of drug-likeness (QED) is 0.705. The van der Waals surface area contributed by atoms with E-state index in [1.54, 1.807) is 6.20 Å². The van der Waals surface area contributed by atoms with E-state index < -0.39 is 0 Å². The van der Waals surface area contributed by atoms with Gasteiger partial charge in [0.15, 0.2) is 0 Å². The van der Waals surface area contributed by atoms with Crippen LogP contribution in [0.4, 0.5) is 5.69 Å². The highest BCUT2D eigenvalue weighted by atomic mass is 16.5. The standard InChI is InChI=1S/C15H14N4O2/c1-2-21-14-7-10(5-6-16-14)15-12-8-11(17-9-20)3-4-13(12)18-19-15/h3-9H,2H2,1H3,(H,17,20)(H,18,19). The molecule has 0 aliphatic heterocycles. The maximum Gasteiger partial charge on any atom is 0.213 e. The molecule has 1 amide bonds. The molecule has 3 rings (SSSR count). The molecule has 0 atom stereocenters. The maximum atomic E-state index is 10.6. The second-order valence-electron chi connectivity index (χ2n) is 4.41. The van der Waals surface area contributed by atoms with Gasteiger partial charge in [-0.3, -0.25) is 9.89 Å². The summed E-state index contributed by atoms with van der Waals surface area (Å²) in [6, 6.07) is 9.29. The molecule has 2 heterocycles. The van der Waals surface area contributed by atoms with E-state index >= 15 is 0 Å². The minimum Gasteiger partial charge on any atom is -0.478 e. The van der Waals surface area contributed by atoms with Crippen molar-refractivity contribution in [2.75, 3.05) is 11.9 Å². The number of H-pyrrole nitrogens is 1. The number of amides is 1. The topological polar surface area (TPSA) is 79.9 Å². The summed E-state index contributed by atoms with van der Waals surface area (Å²) >= 11 is 0. The van der Waals surface area contributed by atoms with E-state index in [2.05, 4.69) is 20.5 Å². The number of ether oxygens (including phenoxy) is 1. The Hall–Kier alpha value is -2.89. The van der Waals surface area contributed by atoms with Crippen molar-refractivity contribution >= 4 is 23.0 Å². The molecule has 3 aromatic rings. The van der Waals surface area contributed by atoms with Crippen LogP contribution in [0.2, 0.25) is 0 Å². The molecule has 0 radical (unpaired) electrons. The molecular weight excluding hydrogens is 268 g/mol. The number of pyridine rings is 1. The van der Waals surface area contributed by atoms with Gasteiger partial charge in [0.2, 0.25) is 12.3 Å². The van der Waals surface area contributed by atoms with Gasteiger partial charge in [0.25, 0.3) is 0 Å². The Kier molecular flexibility index (Phi) is 3.51. The summed E-state index contributed by atoms with van der Waals surface area (Å²) in [6.07, 6.45) is 2.34. The summed E-state index contributed by atoms with van der Waals surface area (Å²) in [5, 5.41) is 10.9. The first-order valence-corrected chi connectivity index (χ1v) is 6.59. The highest BCUT2D eigenvalue weighted by Gasteiger charge is 2.10. The van der Waals surface area contributed by atoms with Crippen LogP contribution in [0.1, 0.15) is 6.92 Å². The van der Waals surface area contributed by atoms with Crippen LogP contribution >= 0.6 is 0 Å². The van der Waals surface area contributed by atoms with Crippen LogP contribution in [-0.4, -0.2) is 28.2 Å². The SMILES string of the molecule is CCOc1cc(-c2n[nH]c3ccc(NC=O)cc23)ccn1. The molecule has 0 aliphatic rings. The van der Waals surface area contributed by atoms with E-state index in [-0.39, 0.29) is 0 Å². The molecule has 0 saturated heterocycles. The lowest BCUT2D eigenvalue weighted by molar-refractivity contribution is -0.105. The first-order valence-electron chi connectivity index (χ1n) is 6.59. The number of anilines is 1. The van der Waals surface area contributed by atoms with Gasteiger partial charge in [0, 0.05) is 28.9 Å². The molecule has 0 fully saturated rings. The number of fused-ring (bicyclic) bond motifs is 1. The monoisotopic (exact) mass is 282 g/mol. The fourth-order valence-corrected chi connectivity index (χ4v) is 2.18. The third-order valence-electron chi connectivity index (χ3n) is 3.09. The second-order valence-corrected chi connectivity index (χ2v) is 4.41. The van der Waals surface area contributed by atoms with Crippen molar-refractivity contribution in [1.82, 2.24) is 15.2 Å². The van der Waals surface area contributed by atoms with Crippen LogP contribution in [-0.2, 0) is 4.79 Å². The van der Waals surface area contributed by atoms with E-state index in [9.17, 15) is 4.79 Å². The van der Waals surface area contributed by atoms with Crippen molar-refractivity contribution in [2.24, 2.45) is 0 Å². The number of rotatable bonds is 5. The lowest BCUT2D eigenvalue weighted by Gasteiger charge is -2.04. The Morgan fingerprint density at radius 3 is 3.05 bits per heavy atom. The van der Waals surface area contributed by atoms with Crippen molar-refractivity contribution in [3.8, 4) is 17.1 Å². The third kappa shape index (κ3) is 2.55. The molecule has 6 nitrogen and oxygen atoms in total. The third-order valence-corrected chi connectivity index (χ3v) is 3.09. The fourth-order valence-electron chi connectivity index (χ4n) is 2.18. The van der Waals surface area contributed by atoms with Crippen molar-refractivity contribution in [2.45, 2.75) is 6.92 Å². The van der Waals surface area contributed by atoms with Crippen LogP contribution in [0.25, 0.3) is 22.2 Å². The molecule has 0 bridgehead atoms. The number of aromatic amines is 1. The van der Waals surface area contributed by atoms with Crippen LogP contribution in [0.15, 0.2) is 36.5 Å². The first-order chi connectivity index (χ1) is 10.3. The summed E-state index contributed by atoms with van der Waals surface area (Å²) < 4.78 is 5.41. The maximum absolute atomic E-state index is 10.6. The molecule has 0 saturated carbocycles. The number of nitrogens with one attached hydrogen (secondary N) is 2. The Morgan fingerprint density at radius 2 is 2.24 bits per heavy atom. The van der Waals surface area contributed by atoms with Gasteiger partial charge in [0.1, 0.15) is 5.69 Å². The molecular formula is C15H14N4O2. The summed E-state index contributed by atoms with van der Waals surface area (Å²) in [6.45, 7) is 2.47. The molecule has 6 heteroatoms. The zero-order valence-corrected chi connectivity index (χ0v) is 11.5. The van der Waals surface area contributed by atoms with Crippen LogP contribution in [0.5, 0.6) is 5.88 Å². The lowest BCUT2D eigenvalue weighted by Crippen LogP contribution is -1.94. The number of hydrogen-bond donors (Lipinski definition) is 2. The minimum atomic E-state index is 0.561. The number of nitrogens with zero attached hydrogens (tertiary/aromatic N) is 2. The van der Waals surface area contributed by atoms with Gasteiger partial charge in [-0.25, -0.2) is 4.98 Å². The smallest absolute Gasteiger partial charge is 0.213 e. The largest absolute Gasteiger partial charge is 0.478 e. The van der Waals surface area contributed by atoms with E-state index in [4.69, 9.17) is 4.74 Å². The predicted molar refractivity (Wildman–Crippen MR) is 80.2 cm³/mol. The number of benzene rings is 1. The zero-order valence-electron chi connectivity index (χ0n) is 11.5. The van der Waals surface area contributed by atoms with Gasteiger partial charge >= 0.3 is 0 Å². The van der Waals surface area contributed by atoms with Crippen LogP contribution in [0, 0.1) is 0 Å². The Balaban J connectivity index is 2.08. The van der Waals surface area contributed by atoms with Crippen molar-refractivity contribution in [3.63, 3.8) is 0 Å². The van der Waals surface area contributed by atoms with Gasteiger partial charge in [0.05, 0.1) is 12.1 Å². The summed E-state index contributed by atoms with van der Waals surface area (Å²) in [5.41, 5.74) is 3.32. The molecule has 1 aromatic carbocycles. The summed E-state index contributed by atoms with van der Waals surface area (Å²) in [7, 11) is 0. The van der Waals surface area contributed by atoms with Gasteiger partial charge in [-0.05, 0) is 31.2 Å². The molecule has 21 heavy (non-hydrogen) atoms. The zero-order chi connectivity index (χ0) is 14.7. The number of hydrogen-bond acceptors (Lipinski definition) is 4. The summed E-state index contributed by atoms with van der Waals surface area (Å²) in [5.74, 6) is 0.563. The van der Waals surface area contributed by atoms with Crippen molar-refractivity contribution < 1.29 is 9.53 Å². The Morgan fingerprint density at radius 1 is 1.33 bits per heavy atom. The highest BCUT2D eigenvalue weighted by Crippen LogP contribution is 2.29. The van der Waals surface area contributed by atoms with Gasteiger partial charge in [-0.15, -0.1) is 0 Å². The number of aromatic nitrogens is 3. The molecule has 2 N–H and O–H groups in total. The van der Waals surface area contributed by atoms with Crippen LogP contribution < -0.4 is 10.1 Å². The highest BCUT2D eigenvalue weighted by molar-refractivity contribution is 5.95. The van der Waals surface area contributed by atoms with E-state index in [1.165, 1.54) is 0 Å². The minimum absolute atomic E-state index is 0.561. The average Bonchev–Trinajstić information content (AvgIpc) is 2.91. The van der Waals surface area contributed by atoms with Gasteiger partial charge < -0.3 is 10.1 Å². The lowest BCUT2D eigenvalue weighted by atomic mass is 10.1. The van der Waals surface area contributed by atoms with E-state index in [1.807, 2.05) is 37.3 Å². The van der Waals surface area contributed by atoms with Crippen LogP contribution in [0.3, 0.4) is 0 Å². The number of carbonyl (C=O) groups is 1. The fraction of sp³-hybridized carbons (Fsp3) is 0.133. The summed E-state index contributed by atoms with van der Waals surface area (Å²) in [4.78, 5) is 14.7. The average molecular weight is 282 g/mol. The van der Waals surface area contributed by atoms with Crippen molar-refractivity contribution in [3.05, 3.63) is 36.5 Å². The normalized spacial score (nSPS) is 10.5. The second kappa shape index (κ2) is 5.62. The molecule has 0 unspecified atom stereocenters. The van der Waals surface area contributed by atoms with E-state index in [0.29, 0.717) is 18.9 Å². The predicted octanol–water partition coefficient (Wildman–Crippen LogP) is 2.59. The number of carbonyl (C=O) groups excluding carboxylic acids is 1. The molecule has 2 aromatic heterocycles. The Labute approximate surface area is 121 Å². The Bertz CT molecular complexity index is 782. The molecule has 0 spiro atoms. The molecule has 106 valence electrons. The van der Waals surface area contributed by atoms with E-state index in [0.717, 1.165) is 27.8 Å². The van der Waals surface area contributed by atoms with Crippen molar-refractivity contribution in [1.29, 1.82) is 0 Å². The van der Waals surface area contributed by atoms with Gasteiger partial charge in [-0.1, -0.05) is 0 Å². The molecule has 0 aliphatic carbocycles.